The third-order valence-corrected chi connectivity index (χ3v) is 3.37. The van der Waals surface area contributed by atoms with E-state index in [4.69, 9.17) is 4.98 Å². The van der Waals surface area contributed by atoms with Crippen LogP contribution in [0.2, 0.25) is 0 Å². The maximum absolute atomic E-state index is 4.69. The Morgan fingerprint density at radius 2 is 2.22 bits per heavy atom. The second kappa shape index (κ2) is 4.90. The number of piperidine rings is 1. The fraction of sp³-hybridized carbons (Fsp3) is 0.429. The molecule has 1 aliphatic heterocycles. The van der Waals surface area contributed by atoms with Crippen LogP contribution in [0.5, 0.6) is 0 Å². The normalized spacial score (nSPS) is 19.9. The lowest BCUT2D eigenvalue weighted by molar-refractivity contribution is 0.397. The van der Waals surface area contributed by atoms with E-state index in [1.165, 1.54) is 12.8 Å². The molecule has 1 fully saturated rings. The van der Waals surface area contributed by atoms with Gasteiger partial charge in [0.05, 0.1) is 17.4 Å². The van der Waals surface area contributed by atoms with Gasteiger partial charge in [0.2, 0.25) is 0 Å². The molecule has 3 heterocycles. The maximum Gasteiger partial charge on any atom is 0.146 e. The van der Waals surface area contributed by atoms with Crippen LogP contribution >= 0.6 is 0 Å². The van der Waals surface area contributed by atoms with Gasteiger partial charge in [0, 0.05) is 11.9 Å². The Bertz CT molecular complexity index is 513. The largest absolute Gasteiger partial charge is 0.360 e. The average Bonchev–Trinajstić information content (AvgIpc) is 2.93. The fourth-order valence-electron chi connectivity index (χ4n) is 2.45. The SMILES string of the molecule is Cc1cc(-c2ccc[nH]2)nc(C2CCCCN2)n1. The first-order chi connectivity index (χ1) is 8.83. The molecule has 1 unspecified atom stereocenters. The van der Waals surface area contributed by atoms with E-state index >= 15 is 0 Å². The van der Waals surface area contributed by atoms with Crippen LogP contribution in [0, 0.1) is 6.92 Å². The van der Waals surface area contributed by atoms with Crippen molar-refractivity contribution in [3.63, 3.8) is 0 Å². The summed E-state index contributed by atoms with van der Waals surface area (Å²) in [4.78, 5) is 12.5. The van der Waals surface area contributed by atoms with Crippen LogP contribution in [-0.4, -0.2) is 21.5 Å². The van der Waals surface area contributed by atoms with E-state index in [9.17, 15) is 0 Å². The van der Waals surface area contributed by atoms with Gasteiger partial charge < -0.3 is 10.3 Å². The molecule has 3 rings (SSSR count). The average molecular weight is 242 g/mol. The Morgan fingerprint density at radius 1 is 1.28 bits per heavy atom. The smallest absolute Gasteiger partial charge is 0.146 e. The van der Waals surface area contributed by atoms with Crippen LogP contribution in [0.15, 0.2) is 24.4 Å². The minimum Gasteiger partial charge on any atom is -0.360 e. The van der Waals surface area contributed by atoms with E-state index in [1.807, 2.05) is 31.3 Å². The number of hydrogen-bond donors (Lipinski definition) is 2. The molecule has 2 aromatic rings. The first kappa shape index (κ1) is 11.4. The highest BCUT2D eigenvalue weighted by atomic mass is 15.0. The van der Waals surface area contributed by atoms with Gasteiger partial charge in [-0.05, 0) is 44.5 Å². The van der Waals surface area contributed by atoms with Gasteiger partial charge in [-0.15, -0.1) is 0 Å². The molecule has 0 radical (unpaired) electrons. The highest BCUT2D eigenvalue weighted by molar-refractivity contribution is 5.54. The molecule has 0 amide bonds. The standard InChI is InChI=1S/C14H18N4/c1-10-9-13(11-6-4-8-15-11)18-14(17-10)12-5-2-3-7-16-12/h4,6,8-9,12,15-16H,2-3,5,7H2,1H3. The summed E-state index contributed by atoms with van der Waals surface area (Å²) in [6.07, 6.45) is 5.57. The predicted molar refractivity (Wildman–Crippen MR) is 71.2 cm³/mol. The summed E-state index contributed by atoms with van der Waals surface area (Å²) < 4.78 is 0. The third kappa shape index (κ3) is 2.29. The van der Waals surface area contributed by atoms with Crippen molar-refractivity contribution in [3.8, 4) is 11.4 Å². The van der Waals surface area contributed by atoms with Gasteiger partial charge in [0.15, 0.2) is 0 Å². The van der Waals surface area contributed by atoms with Gasteiger partial charge in [-0.1, -0.05) is 6.42 Å². The highest BCUT2D eigenvalue weighted by Crippen LogP contribution is 2.23. The number of aromatic amines is 1. The Balaban J connectivity index is 1.95. The molecule has 4 heteroatoms. The molecule has 0 saturated carbocycles. The van der Waals surface area contributed by atoms with Crippen molar-refractivity contribution in [1.82, 2.24) is 20.3 Å². The minimum absolute atomic E-state index is 0.312. The molecule has 4 nitrogen and oxygen atoms in total. The summed E-state index contributed by atoms with van der Waals surface area (Å²) in [5.74, 6) is 0.930. The minimum atomic E-state index is 0.312. The second-order valence-corrected chi connectivity index (χ2v) is 4.84. The molecule has 1 atom stereocenters. The summed E-state index contributed by atoms with van der Waals surface area (Å²) in [6.45, 7) is 3.10. The quantitative estimate of drug-likeness (QED) is 0.851. The molecule has 0 aliphatic carbocycles. The lowest BCUT2D eigenvalue weighted by Gasteiger charge is -2.22. The zero-order valence-corrected chi connectivity index (χ0v) is 10.6. The topological polar surface area (TPSA) is 53.6 Å². The van der Waals surface area contributed by atoms with Gasteiger partial charge in [0.1, 0.15) is 5.82 Å². The van der Waals surface area contributed by atoms with Crippen molar-refractivity contribution >= 4 is 0 Å². The van der Waals surface area contributed by atoms with Crippen LogP contribution in [-0.2, 0) is 0 Å². The molecule has 18 heavy (non-hydrogen) atoms. The summed E-state index contributed by atoms with van der Waals surface area (Å²) >= 11 is 0. The third-order valence-electron chi connectivity index (χ3n) is 3.37. The highest BCUT2D eigenvalue weighted by Gasteiger charge is 2.18. The zero-order valence-electron chi connectivity index (χ0n) is 10.6. The number of H-pyrrole nitrogens is 1. The van der Waals surface area contributed by atoms with Crippen LogP contribution in [0.1, 0.15) is 36.8 Å². The van der Waals surface area contributed by atoms with E-state index in [0.29, 0.717) is 6.04 Å². The van der Waals surface area contributed by atoms with Crippen molar-refractivity contribution < 1.29 is 0 Å². The summed E-state index contributed by atoms with van der Waals surface area (Å²) in [7, 11) is 0. The molecule has 0 bridgehead atoms. The number of aryl methyl sites for hydroxylation is 1. The Hall–Kier alpha value is -1.68. The maximum atomic E-state index is 4.69. The first-order valence-electron chi connectivity index (χ1n) is 6.55. The lowest BCUT2D eigenvalue weighted by atomic mass is 10.0. The zero-order chi connectivity index (χ0) is 12.4. The molecule has 0 spiro atoms. The molecule has 2 aromatic heterocycles. The summed E-state index contributed by atoms with van der Waals surface area (Å²) in [5.41, 5.74) is 3.06. The van der Waals surface area contributed by atoms with Crippen molar-refractivity contribution in [1.29, 1.82) is 0 Å². The fourth-order valence-corrected chi connectivity index (χ4v) is 2.45. The monoisotopic (exact) mass is 242 g/mol. The predicted octanol–water partition coefficient (Wildman–Crippen LogP) is 2.59. The van der Waals surface area contributed by atoms with Crippen LogP contribution in [0.25, 0.3) is 11.4 Å². The second-order valence-electron chi connectivity index (χ2n) is 4.84. The van der Waals surface area contributed by atoms with Crippen molar-refractivity contribution in [2.75, 3.05) is 6.54 Å². The molecule has 94 valence electrons. The van der Waals surface area contributed by atoms with E-state index in [-0.39, 0.29) is 0 Å². The van der Waals surface area contributed by atoms with Gasteiger partial charge in [0.25, 0.3) is 0 Å². The summed E-state index contributed by atoms with van der Waals surface area (Å²) in [6, 6.07) is 6.37. The number of hydrogen-bond acceptors (Lipinski definition) is 3. The van der Waals surface area contributed by atoms with E-state index in [2.05, 4.69) is 15.3 Å². The number of aromatic nitrogens is 3. The Kier molecular flexibility index (Phi) is 3.11. The van der Waals surface area contributed by atoms with E-state index < -0.39 is 0 Å². The van der Waals surface area contributed by atoms with Crippen LogP contribution in [0.4, 0.5) is 0 Å². The van der Waals surface area contributed by atoms with Gasteiger partial charge >= 0.3 is 0 Å². The Labute approximate surface area is 107 Å². The summed E-state index contributed by atoms with van der Waals surface area (Å²) in [5, 5.41) is 3.50. The molecular weight excluding hydrogens is 224 g/mol. The molecular formula is C14H18N4. The molecule has 0 aromatic carbocycles. The van der Waals surface area contributed by atoms with Crippen LogP contribution in [0.3, 0.4) is 0 Å². The number of nitrogens with one attached hydrogen (secondary N) is 2. The van der Waals surface area contributed by atoms with E-state index in [1.54, 1.807) is 0 Å². The van der Waals surface area contributed by atoms with Gasteiger partial charge in [-0.3, -0.25) is 0 Å². The molecule has 1 saturated heterocycles. The van der Waals surface area contributed by atoms with Gasteiger partial charge in [-0.25, -0.2) is 9.97 Å². The molecule has 1 aliphatic rings. The number of rotatable bonds is 2. The van der Waals surface area contributed by atoms with Crippen LogP contribution < -0.4 is 5.32 Å². The first-order valence-corrected chi connectivity index (χ1v) is 6.55. The van der Waals surface area contributed by atoms with Gasteiger partial charge in [-0.2, -0.15) is 0 Å². The number of nitrogens with zero attached hydrogens (tertiary/aromatic N) is 2. The van der Waals surface area contributed by atoms with Crippen molar-refractivity contribution in [2.45, 2.75) is 32.2 Å². The van der Waals surface area contributed by atoms with Crippen molar-refractivity contribution in [2.24, 2.45) is 0 Å². The lowest BCUT2D eigenvalue weighted by Crippen LogP contribution is -2.28. The van der Waals surface area contributed by atoms with E-state index in [0.717, 1.165) is 35.9 Å². The van der Waals surface area contributed by atoms with Crippen molar-refractivity contribution in [3.05, 3.63) is 35.9 Å². The molecule has 2 N–H and O–H groups in total. The Morgan fingerprint density at radius 3 is 2.94 bits per heavy atom.